The van der Waals surface area contributed by atoms with Crippen molar-refractivity contribution in [2.45, 2.75) is 38.8 Å². The van der Waals surface area contributed by atoms with Gasteiger partial charge in [0.05, 0.1) is 4.92 Å². The molecule has 0 aliphatic heterocycles. The third-order valence-corrected chi connectivity index (χ3v) is 3.89. The molecule has 1 fully saturated rings. The van der Waals surface area contributed by atoms with Crippen LogP contribution >= 0.6 is 11.6 Å². The van der Waals surface area contributed by atoms with Gasteiger partial charge in [0.1, 0.15) is 0 Å². The summed E-state index contributed by atoms with van der Waals surface area (Å²) in [4.78, 5) is 10.6. The zero-order valence-corrected chi connectivity index (χ0v) is 11.1. The number of nitrogens with one attached hydrogen (secondary N) is 1. The van der Waals surface area contributed by atoms with Crippen LogP contribution in [0.15, 0.2) is 18.2 Å². The standard InChI is InChI=1S/C13H17ClN2O2/c1-9-3-2-4-12(9)15-8-10-7-11(14)5-6-13(10)16(17)18/h5-7,9,12,15H,2-4,8H2,1H3. The molecule has 0 spiro atoms. The number of nitrogens with zero attached hydrogens (tertiary/aromatic N) is 1. The topological polar surface area (TPSA) is 55.2 Å². The Balaban J connectivity index is 2.08. The Morgan fingerprint density at radius 1 is 1.50 bits per heavy atom. The Labute approximate surface area is 111 Å². The van der Waals surface area contributed by atoms with E-state index in [4.69, 9.17) is 11.6 Å². The molecule has 0 saturated heterocycles. The van der Waals surface area contributed by atoms with Gasteiger partial charge in [0.25, 0.3) is 5.69 Å². The van der Waals surface area contributed by atoms with Gasteiger partial charge < -0.3 is 5.32 Å². The van der Waals surface area contributed by atoms with Gasteiger partial charge in [-0.2, -0.15) is 0 Å². The summed E-state index contributed by atoms with van der Waals surface area (Å²) in [6.07, 6.45) is 3.61. The third kappa shape index (κ3) is 3.00. The van der Waals surface area contributed by atoms with E-state index in [0.29, 0.717) is 29.1 Å². The fourth-order valence-electron chi connectivity index (χ4n) is 2.56. The lowest BCUT2D eigenvalue weighted by atomic mass is 10.1. The maximum Gasteiger partial charge on any atom is 0.273 e. The molecule has 1 aromatic rings. The molecule has 5 heteroatoms. The van der Waals surface area contributed by atoms with Crippen LogP contribution in [0.25, 0.3) is 0 Å². The summed E-state index contributed by atoms with van der Waals surface area (Å²) in [5.41, 5.74) is 0.796. The van der Waals surface area contributed by atoms with Gasteiger partial charge in [-0.05, 0) is 30.9 Å². The molecular weight excluding hydrogens is 252 g/mol. The van der Waals surface area contributed by atoms with Crippen molar-refractivity contribution >= 4 is 17.3 Å². The van der Waals surface area contributed by atoms with Gasteiger partial charge in [-0.25, -0.2) is 0 Å². The number of nitro groups is 1. The molecule has 0 amide bonds. The fraction of sp³-hybridized carbons (Fsp3) is 0.538. The van der Waals surface area contributed by atoms with E-state index in [9.17, 15) is 10.1 Å². The molecule has 1 aliphatic rings. The Hall–Kier alpha value is -1.13. The number of rotatable bonds is 4. The second kappa shape index (κ2) is 5.67. The Morgan fingerprint density at radius 3 is 2.89 bits per heavy atom. The van der Waals surface area contributed by atoms with Crippen LogP contribution in [0, 0.1) is 16.0 Å². The number of hydrogen-bond donors (Lipinski definition) is 1. The van der Waals surface area contributed by atoms with Gasteiger partial charge in [-0.1, -0.05) is 24.9 Å². The molecule has 0 heterocycles. The first-order valence-corrected chi connectivity index (χ1v) is 6.62. The molecule has 1 aliphatic carbocycles. The van der Waals surface area contributed by atoms with Crippen molar-refractivity contribution in [3.05, 3.63) is 38.9 Å². The molecule has 2 unspecified atom stereocenters. The van der Waals surface area contributed by atoms with Crippen LogP contribution in [0.4, 0.5) is 5.69 Å². The minimum atomic E-state index is -0.356. The third-order valence-electron chi connectivity index (χ3n) is 3.65. The van der Waals surface area contributed by atoms with Gasteiger partial charge in [-0.3, -0.25) is 10.1 Å². The average molecular weight is 269 g/mol. The van der Waals surface area contributed by atoms with Crippen LogP contribution in [-0.2, 0) is 6.54 Å². The van der Waals surface area contributed by atoms with Crippen LogP contribution < -0.4 is 5.32 Å². The van der Waals surface area contributed by atoms with Crippen LogP contribution in [0.5, 0.6) is 0 Å². The first-order chi connectivity index (χ1) is 8.58. The molecule has 1 aromatic carbocycles. The first kappa shape index (κ1) is 13.3. The lowest BCUT2D eigenvalue weighted by Crippen LogP contribution is -2.30. The van der Waals surface area contributed by atoms with E-state index in [0.717, 1.165) is 6.42 Å². The Morgan fingerprint density at radius 2 is 2.28 bits per heavy atom. The summed E-state index contributed by atoms with van der Waals surface area (Å²) in [6, 6.07) is 5.16. The highest BCUT2D eigenvalue weighted by Crippen LogP contribution is 2.27. The Kier molecular flexibility index (Phi) is 4.19. The van der Waals surface area contributed by atoms with E-state index in [2.05, 4.69) is 12.2 Å². The molecule has 1 N–H and O–H groups in total. The van der Waals surface area contributed by atoms with Crippen LogP contribution in [0.1, 0.15) is 31.7 Å². The van der Waals surface area contributed by atoms with Gasteiger partial charge in [-0.15, -0.1) is 0 Å². The molecule has 2 rings (SSSR count). The maximum atomic E-state index is 10.9. The summed E-state index contributed by atoms with van der Waals surface area (Å²) in [6.45, 7) is 2.73. The minimum Gasteiger partial charge on any atom is -0.309 e. The van der Waals surface area contributed by atoms with Gasteiger partial charge in [0.2, 0.25) is 0 Å². The lowest BCUT2D eigenvalue weighted by molar-refractivity contribution is -0.385. The quantitative estimate of drug-likeness (QED) is 0.671. The highest BCUT2D eigenvalue weighted by Gasteiger charge is 2.23. The SMILES string of the molecule is CC1CCCC1NCc1cc(Cl)ccc1[N+](=O)[O-]. The summed E-state index contributed by atoms with van der Waals surface area (Å²) in [5.74, 6) is 0.642. The summed E-state index contributed by atoms with van der Waals surface area (Å²) in [5, 5.41) is 14.9. The average Bonchev–Trinajstić information content (AvgIpc) is 2.72. The normalized spacial score (nSPS) is 23.2. The smallest absolute Gasteiger partial charge is 0.273 e. The molecule has 4 nitrogen and oxygen atoms in total. The molecule has 18 heavy (non-hydrogen) atoms. The van der Waals surface area contributed by atoms with Crippen LogP contribution in [-0.4, -0.2) is 11.0 Å². The zero-order chi connectivity index (χ0) is 13.1. The summed E-state index contributed by atoms with van der Waals surface area (Å²) < 4.78 is 0. The van der Waals surface area contributed by atoms with Crippen LogP contribution in [0.3, 0.4) is 0 Å². The Bertz CT molecular complexity index is 451. The van der Waals surface area contributed by atoms with Gasteiger partial charge in [0.15, 0.2) is 0 Å². The molecule has 0 aromatic heterocycles. The van der Waals surface area contributed by atoms with Crippen molar-refractivity contribution in [1.82, 2.24) is 5.32 Å². The second-order valence-corrected chi connectivity index (χ2v) is 5.36. The predicted octanol–water partition coefficient (Wildman–Crippen LogP) is 3.53. The maximum absolute atomic E-state index is 10.9. The summed E-state index contributed by atoms with van der Waals surface area (Å²) in [7, 11) is 0. The largest absolute Gasteiger partial charge is 0.309 e. The first-order valence-electron chi connectivity index (χ1n) is 6.24. The highest BCUT2D eigenvalue weighted by atomic mass is 35.5. The zero-order valence-electron chi connectivity index (χ0n) is 10.4. The molecule has 98 valence electrons. The van der Waals surface area contributed by atoms with Gasteiger partial charge >= 0.3 is 0 Å². The highest BCUT2D eigenvalue weighted by molar-refractivity contribution is 6.30. The second-order valence-electron chi connectivity index (χ2n) is 4.93. The van der Waals surface area contributed by atoms with Gasteiger partial charge in [0, 0.05) is 29.2 Å². The molecule has 2 atom stereocenters. The van der Waals surface area contributed by atoms with Crippen molar-refractivity contribution in [3.63, 3.8) is 0 Å². The lowest BCUT2D eigenvalue weighted by Gasteiger charge is -2.17. The van der Waals surface area contributed by atoms with Crippen LogP contribution in [0.2, 0.25) is 5.02 Å². The van der Waals surface area contributed by atoms with E-state index < -0.39 is 0 Å². The van der Waals surface area contributed by atoms with Crippen molar-refractivity contribution in [2.75, 3.05) is 0 Å². The van der Waals surface area contributed by atoms with Crippen molar-refractivity contribution in [1.29, 1.82) is 0 Å². The monoisotopic (exact) mass is 268 g/mol. The molecule has 0 bridgehead atoms. The van der Waals surface area contributed by atoms with E-state index in [1.807, 2.05) is 0 Å². The van der Waals surface area contributed by atoms with E-state index >= 15 is 0 Å². The number of hydrogen-bond acceptors (Lipinski definition) is 3. The fourth-order valence-corrected chi connectivity index (χ4v) is 2.76. The van der Waals surface area contributed by atoms with E-state index in [-0.39, 0.29) is 10.6 Å². The van der Waals surface area contributed by atoms with Crippen molar-refractivity contribution < 1.29 is 4.92 Å². The van der Waals surface area contributed by atoms with E-state index in [1.165, 1.54) is 18.9 Å². The number of benzene rings is 1. The minimum absolute atomic E-state index is 0.137. The van der Waals surface area contributed by atoms with E-state index in [1.54, 1.807) is 12.1 Å². The molecule has 0 radical (unpaired) electrons. The predicted molar refractivity (Wildman–Crippen MR) is 71.7 cm³/mol. The summed E-state index contributed by atoms with van der Waals surface area (Å²) >= 11 is 5.90. The van der Waals surface area contributed by atoms with Crippen molar-refractivity contribution in [2.24, 2.45) is 5.92 Å². The number of halogens is 1. The molecular formula is C13H17ClN2O2. The number of nitro benzene ring substituents is 1. The molecule has 1 saturated carbocycles. The van der Waals surface area contributed by atoms with Crippen molar-refractivity contribution in [3.8, 4) is 0 Å².